The molecule has 1 aliphatic rings. The minimum absolute atomic E-state index is 0.387. The summed E-state index contributed by atoms with van der Waals surface area (Å²) < 4.78 is 27.4. The molecule has 4 nitrogen and oxygen atoms in total. The van der Waals surface area contributed by atoms with Gasteiger partial charge in [-0.15, -0.1) is 0 Å². The van der Waals surface area contributed by atoms with Crippen LogP contribution in [0.5, 0.6) is 0 Å². The number of anilines is 2. The number of benzene rings is 2. The SMILES string of the molecule is CC(C(=O)Nc1c(F)cccc1F)N1CCN(c2ccccc2)CC1. The van der Waals surface area contributed by atoms with Gasteiger partial charge in [-0.2, -0.15) is 0 Å². The molecule has 132 valence electrons. The quantitative estimate of drug-likeness (QED) is 0.925. The van der Waals surface area contributed by atoms with E-state index in [0.717, 1.165) is 30.9 Å². The zero-order valence-electron chi connectivity index (χ0n) is 14.1. The third-order valence-electron chi connectivity index (χ3n) is 4.57. The number of para-hydroxylation sites is 2. The number of hydrogen-bond acceptors (Lipinski definition) is 3. The Bertz CT molecular complexity index is 710. The van der Waals surface area contributed by atoms with Crippen LogP contribution in [0.3, 0.4) is 0 Å². The molecule has 3 rings (SSSR count). The average molecular weight is 345 g/mol. The van der Waals surface area contributed by atoms with Crippen LogP contribution in [0.15, 0.2) is 48.5 Å². The van der Waals surface area contributed by atoms with Gasteiger partial charge in [-0.25, -0.2) is 8.78 Å². The molecular weight excluding hydrogens is 324 g/mol. The van der Waals surface area contributed by atoms with E-state index >= 15 is 0 Å². The number of piperazine rings is 1. The molecule has 1 amide bonds. The third kappa shape index (κ3) is 3.96. The molecule has 6 heteroatoms. The molecule has 0 saturated carbocycles. The second kappa shape index (κ2) is 7.61. The second-order valence-electron chi connectivity index (χ2n) is 6.12. The van der Waals surface area contributed by atoms with E-state index in [-0.39, 0.29) is 5.69 Å². The van der Waals surface area contributed by atoms with Gasteiger partial charge >= 0.3 is 0 Å². The van der Waals surface area contributed by atoms with Gasteiger partial charge in [-0.1, -0.05) is 24.3 Å². The van der Waals surface area contributed by atoms with Gasteiger partial charge in [0.25, 0.3) is 0 Å². The lowest BCUT2D eigenvalue weighted by Crippen LogP contribution is -2.52. The molecule has 1 unspecified atom stereocenters. The van der Waals surface area contributed by atoms with Crippen molar-refractivity contribution in [2.45, 2.75) is 13.0 Å². The molecular formula is C19H21F2N3O. The molecule has 1 saturated heterocycles. The van der Waals surface area contributed by atoms with Crippen molar-refractivity contribution >= 4 is 17.3 Å². The van der Waals surface area contributed by atoms with Crippen molar-refractivity contribution in [1.82, 2.24) is 4.90 Å². The lowest BCUT2D eigenvalue weighted by molar-refractivity contribution is -0.120. The molecule has 1 aliphatic heterocycles. The Labute approximate surface area is 146 Å². The van der Waals surface area contributed by atoms with Crippen LogP contribution in [0.25, 0.3) is 0 Å². The molecule has 0 aromatic heterocycles. The van der Waals surface area contributed by atoms with E-state index in [1.807, 2.05) is 23.1 Å². The summed E-state index contributed by atoms with van der Waals surface area (Å²) in [5.41, 5.74) is 0.773. The highest BCUT2D eigenvalue weighted by Gasteiger charge is 2.26. The Balaban J connectivity index is 1.59. The van der Waals surface area contributed by atoms with Crippen LogP contribution in [0, 0.1) is 11.6 Å². The summed E-state index contributed by atoms with van der Waals surface area (Å²) in [6.07, 6.45) is 0. The third-order valence-corrected chi connectivity index (χ3v) is 4.57. The number of rotatable bonds is 4. The maximum absolute atomic E-state index is 13.7. The smallest absolute Gasteiger partial charge is 0.241 e. The molecule has 0 bridgehead atoms. The van der Waals surface area contributed by atoms with E-state index in [0.29, 0.717) is 13.1 Å². The maximum Gasteiger partial charge on any atom is 0.241 e. The van der Waals surface area contributed by atoms with Gasteiger partial charge in [0.1, 0.15) is 17.3 Å². The number of amides is 1. The van der Waals surface area contributed by atoms with E-state index in [2.05, 4.69) is 22.3 Å². The summed E-state index contributed by atoms with van der Waals surface area (Å²) in [4.78, 5) is 16.7. The molecule has 25 heavy (non-hydrogen) atoms. The first-order valence-corrected chi connectivity index (χ1v) is 8.35. The van der Waals surface area contributed by atoms with Gasteiger partial charge in [0, 0.05) is 31.9 Å². The van der Waals surface area contributed by atoms with Gasteiger partial charge in [0.05, 0.1) is 6.04 Å². The minimum Gasteiger partial charge on any atom is -0.369 e. The summed E-state index contributed by atoms with van der Waals surface area (Å²) in [6.45, 7) is 4.78. The van der Waals surface area contributed by atoms with Gasteiger partial charge < -0.3 is 10.2 Å². The second-order valence-corrected chi connectivity index (χ2v) is 6.12. The molecule has 0 spiro atoms. The fourth-order valence-electron chi connectivity index (χ4n) is 3.02. The summed E-state index contributed by atoms with van der Waals surface area (Å²) in [5.74, 6) is -1.94. The Morgan fingerprint density at radius 2 is 1.56 bits per heavy atom. The fraction of sp³-hybridized carbons (Fsp3) is 0.316. The van der Waals surface area contributed by atoms with Gasteiger partial charge in [-0.05, 0) is 31.2 Å². The highest BCUT2D eigenvalue weighted by Crippen LogP contribution is 2.20. The van der Waals surface area contributed by atoms with Gasteiger partial charge in [-0.3, -0.25) is 9.69 Å². The maximum atomic E-state index is 13.7. The van der Waals surface area contributed by atoms with Crippen LogP contribution >= 0.6 is 0 Å². The van der Waals surface area contributed by atoms with Crippen molar-refractivity contribution in [3.63, 3.8) is 0 Å². The Morgan fingerprint density at radius 1 is 0.960 bits per heavy atom. The van der Waals surface area contributed by atoms with Crippen LogP contribution < -0.4 is 10.2 Å². The van der Waals surface area contributed by atoms with Crippen LogP contribution in [0.1, 0.15) is 6.92 Å². The summed E-state index contributed by atoms with van der Waals surface area (Å²) in [6, 6.07) is 13.2. The zero-order valence-corrected chi connectivity index (χ0v) is 14.1. The number of hydrogen-bond donors (Lipinski definition) is 1. The molecule has 0 aliphatic carbocycles. The lowest BCUT2D eigenvalue weighted by Gasteiger charge is -2.38. The molecule has 1 N–H and O–H groups in total. The fourth-order valence-corrected chi connectivity index (χ4v) is 3.02. The Hall–Kier alpha value is -2.47. The predicted octanol–water partition coefficient (Wildman–Crippen LogP) is 3.11. The van der Waals surface area contributed by atoms with Crippen molar-refractivity contribution in [3.05, 3.63) is 60.2 Å². The molecule has 2 aromatic carbocycles. The zero-order chi connectivity index (χ0) is 17.8. The molecule has 1 atom stereocenters. The van der Waals surface area contributed by atoms with Crippen molar-refractivity contribution < 1.29 is 13.6 Å². The van der Waals surface area contributed by atoms with E-state index in [1.165, 1.54) is 6.07 Å². The number of carbonyl (C=O) groups excluding carboxylic acids is 1. The summed E-state index contributed by atoms with van der Waals surface area (Å²) in [5, 5.41) is 2.37. The van der Waals surface area contributed by atoms with E-state index < -0.39 is 23.6 Å². The van der Waals surface area contributed by atoms with E-state index in [1.54, 1.807) is 6.92 Å². The molecule has 1 fully saturated rings. The predicted molar refractivity (Wildman–Crippen MR) is 94.7 cm³/mol. The topological polar surface area (TPSA) is 35.6 Å². The Kier molecular flexibility index (Phi) is 5.28. The van der Waals surface area contributed by atoms with E-state index in [4.69, 9.17) is 0 Å². The number of halogens is 2. The van der Waals surface area contributed by atoms with Gasteiger partial charge in [0.2, 0.25) is 5.91 Å². The Morgan fingerprint density at radius 3 is 2.16 bits per heavy atom. The van der Waals surface area contributed by atoms with Crippen molar-refractivity contribution in [1.29, 1.82) is 0 Å². The first kappa shape index (κ1) is 17.4. The first-order chi connectivity index (χ1) is 12.1. The van der Waals surface area contributed by atoms with Crippen molar-refractivity contribution in [2.24, 2.45) is 0 Å². The molecule has 0 radical (unpaired) electrons. The minimum atomic E-state index is -0.769. The molecule has 1 heterocycles. The van der Waals surface area contributed by atoms with Crippen LogP contribution in [-0.4, -0.2) is 43.0 Å². The first-order valence-electron chi connectivity index (χ1n) is 8.35. The van der Waals surface area contributed by atoms with Crippen LogP contribution in [0.4, 0.5) is 20.2 Å². The molecule has 2 aromatic rings. The van der Waals surface area contributed by atoms with Crippen molar-refractivity contribution in [3.8, 4) is 0 Å². The highest BCUT2D eigenvalue weighted by atomic mass is 19.1. The normalized spacial score (nSPS) is 16.5. The van der Waals surface area contributed by atoms with E-state index in [9.17, 15) is 13.6 Å². The highest BCUT2D eigenvalue weighted by molar-refractivity contribution is 5.94. The van der Waals surface area contributed by atoms with Crippen LogP contribution in [-0.2, 0) is 4.79 Å². The van der Waals surface area contributed by atoms with Crippen molar-refractivity contribution in [2.75, 3.05) is 36.4 Å². The lowest BCUT2D eigenvalue weighted by atomic mass is 10.2. The monoisotopic (exact) mass is 345 g/mol. The van der Waals surface area contributed by atoms with Gasteiger partial charge in [0.15, 0.2) is 0 Å². The standard InChI is InChI=1S/C19H21F2N3O/c1-14(19(25)22-18-16(20)8-5-9-17(18)21)23-10-12-24(13-11-23)15-6-3-2-4-7-15/h2-9,14H,10-13H2,1H3,(H,22,25). The summed E-state index contributed by atoms with van der Waals surface area (Å²) in [7, 11) is 0. The summed E-state index contributed by atoms with van der Waals surface area (Å²) >= 11 is 0. The average Bonchev–Trinajstić information content (AvgIpc) is 2.65. The number of carbonyl (C=O) groups is 1. The van der Waals surface area contributed by atoms with Crippen LogP contribution in [0.2, 0.25) is 0 Å². The number of nitrogens with zero attached hydrogens (tertiary/aromatic N) is 2. The number of nitrogens with one attached hydrogen (secondary N) is 1. The largest absolute Gasteiger partial charge is 0.369 e.